The zero-order valence-electron chi connectivity index (χ0n) is 22.5. The molecule has 0 saturated heterocycles. The van der Waals surface area contributed by atoms with Crippen LogP contribution in [0.4, 0.5) is 4.39 Å². The van der Waals surface area contributed by atoms with E-state index >= 15 is 0 Å². The van der Waals surface area contributed by atoms with Crippen LogP contribution >= 0.6 is 0 Å². The molecule has 37 heavy (non-hydrogen) atoms. The first-order valence-corrected chi connectivity index (χ1v) is 13.3. The van der Waals surface area contributed by atoms with Gasteiger partial charge in [-0.05, 0) is 68.5 Å². The number of benzene rings is 1. The molecule has 0 amide bonds. The lowest BCUT2D eigenvalue weighted by Gasteiger charge is -2.29. The van der Waals surface area contributed by atoms with Crippen LogP contribution in [0, 0.1) is 12.7 Å². The molecule has 0 bridgehead atoms. The van der Waals surface area contributed by atoms with Crippen molar-refractivity contribution in [1.82, 2.24) is 14.9 Å². The highest BCUT2D eigenvalue weighted by Crippen LogP contribution is 2.46. The quantitative estimate of drug-likeness (QED) is 0.391. The number of halogens is 1. The van der Waals surface area contributed by atoms with Crippen molar-refractivity contribution >= 4 is 16.9 Å². The average molecular weight is 510 g/mol. The number of aliphatic hydroxyl groups excluding tert-OH is 1. The minimum Gasteiger partial charge on any atom is -0.458 e. The van der Waals surface area contributed by atoms with Crippen LogP contribution in [0.5, 0.6) is 0 Å². The van der Waals surface area contributed by atoms with Crippen LogP contribution in [-0.4, -0.2) is 34.2 Å². The highest BCUT2D eigenvalue weighted by molar-refractivity contribution is 5.93. The monoisotopic (exact) mass is 509 g/mol. The number of nitrogens with zero attached hydrogens (tertiary/aromatic N) is 2. The largest absolute Gasteiger partial charge is 0.458 e. The van der Waals surface area contributed by atoms with E-state index in [-0.39, 0.29) is 29.5 Å². The summed E-state index contributed by atoms with van der Waals surface area (Å²) in [5.41, 5.74) is 5.88. The van der Waals surface area contributed by atoms with E-state index < -0.39 is 12.1 Å². The van der Waals surface area contributed by atoms with Gasteiger partial charge in [-0.1, -0.05) is 27.7 Å². The molecular weight excluding hydrogens is 473 g/mol. The molecule has 0 radical (unpaired) electrons. The van der Waals surface area contributed by atoms with Crippen molar-refractivity contribution in [3.05, 3.63) is 61.7 Å². The van der Waals surface area contributed by atoms with Gasteiger partial charge in [0.05, 0.1) is 29.0 Å². The Morgan fingerprint density at radius 3 is 2.59 bits per heavy atom. The molecule has 6 rings (SSSR count). The molecule has 1 aliphatic carbocycles. The summed E-state index contributed by atoms with van der Waals surface area (Å²) in [7, 11) is 1.93. The summed E-state index contributed by atoms with van der Waals surface area (Å²) in [4.78, 5) is 30.1. The fraction of sp³-hybridized carbons (Fsp3) is 0.483. The SMILES string of the molecule is CC.CC.CNCC[C@@H]1CCc2c(C)c(F)cc3nc4c(c1c23)Cn1c-4cc2c(c1=O)COC(=O)[C@H]2O. The Morgan fingerprint density at radius 1 is 1.16 bits per heavy atom. The Balaban J connectivity index is 0.000000765. The average Bonchev–Trinajstić information content (AvgIpc) is 3.29. The van der Waals surface area contributed by atoms with Gasteiger partial charge in [0.15, 0.2) is 6.10 Å². The molecule has 2 atom stereocenters. The number of aromatic nitrogens is 2. The molecule has 2 aromatic heterocycles. The molecule has 4 heterocycles. The maximum absolute atomic E-state index is 14.8. The van der Waals surface area contributed by atoms with Gasteiger partial charge in [0.1, 0.15) is 12.4 Å². The lowest BCUT2D eigenvalue weighted by molar-refractivity contribution is -0.157. The second-order valence-electron chi connectivity index (χ2n) is 9.20. The number of hydrogen-bond acceptors (Lipinski definition) is 6. The van der Waals surface area contributed by atoms with Gasteiger partial charge in [-0.2, -0.15) is 0 Å². The number of ether oxygens (including phenoxy) is 1. The minimum atomic E-state index is -1.50. The van der Waals surface area contributed by atoms with Gasteiger partial charge in [-0.25, -0.2) is 14.2 Å². The van der Waals surface area contributed by atoms with Crippen molar-refractivity contribution in [2.45, 2.75) is 79.1 Å². The third-order valence-electron chi connectivity index (χ3n) is 7.51. The Hall–Kier alpha value is -3.10. The first-order valence-electron chi connectivity index (χ1n) is 13.3. The van der Waals surface area contributed by atoms with Crippen LogP contribution in [0.1, 0.15) is 85.9 Å². The fourth-order valence-electron chi connectivity index (χ4n) is 5.80. The molecule has 8 heteroatoms. The van der Waals surface area contributed by atoms with Crippen molar-refractivity contribution in [3.63, 3.8) is 0 Å². The Labute approximate surface area is 216 Å². The van der Waals surface area contributed by atoms with E-state index in [0.29, 0.717) is 34.6 Å². The fourth-order valence-corrected chi connectivity index (χ4v) is 5.80. The molecular formula is C29H36FN3O4. The molecule has 0 unspecified atom stereocenters. The molecule has 0 fully saturated rings. The van der Waals surface area contributed by atoms with Crippen molar-refractivity contribution in [1.29, 1.82) is 0 Å². The van der Waals surface area contributed by atoms with E-state index in [4.69, 9.17) is 9.72 Å². The number of nitrogens with one attached hydrogen (secondary N) is 1. The minimum absolute atomic E-state index is 0.151. The Morgan fingerprint density at radius 2 is 1.89 bits per heavy atom. The van der Waals surface area contributed by atoms with E-state index in [0.717, 1.165) is 47.9 Å². The van der Waals surface area contributed by atoms with Gasteiger partial charge >= 0.3 is 5.97 Å². The zero-order valence-corrected chi connectivity index (χ0v) is 22.5. The molecule has 7 nitrogen and oxygen atoms in total. The summed E-state index contributed by atoms with van der Waals surface area (Å²) < 4.78 is 21.4. The second-order valence-corrected chi connectivity index (χ2v) is 9.20. The Kier molecular flexibility index (Phi) is 7.80. The highest BCUT2D eigenvalue weighted by Gasteiger charge is 2.37. The van der Waals surface area contributed by atoms with Crippen LogP contribution < -0.4 is 10.9 Å². The molecule has 1 aromatic carbocycles. The number of pyridine rings is 2. The van der Waals surface area contributed by atoms with Gasteiger partial charge in [0.2, 0.25) is 0 Å². The van der Waals surface area contributed by atoms with E-state index in [1.165, 1.54) is 6.07 Å². The number of rotatable bonds is 3. The molecule has 2 N–H and O–H groups in total. The number of fused-ring (bicyclic) bond motifs is 5. The Bertz CT molecular complexity index is 1430. The van der Waals surface area contributed by atoms with Crippen LogP contribution in [0.3, 0.4) is 0 Å². The number of esters is 1. The predicted octanol–water partition coefficient (Wildman–Crippen LogP) is 4.65. The number of hydrogen-bond donors (Lipinski definition) is 2. The highest BCUT2D eigenvalue weighted by atomic mass is 19.1. The predicted molar refractivity (Wildman–Crippen MR) is 142 cm³/mol. The summed E-state index contributed by atoms with van der Waals surface area (Å²) in [6.45, 7) is 10.9. The number of carbonyl (C=O) groups is 1. The van der Waals surface area contributed by atoms with Crippen molar-refractivity contribution in [2.24, 2.45) is 0 Å². The summed E-state index contributed by atoms with van der Waals surface area (Å²) in [5, 5.41) is 14.6. The third-order valence-corrected chi connectivity index (χ3v) is 7.51. The molecule has 3 aromatic rings. The summed E-state index contributed by atoms with van der Waals surface area (Å²) in [5.74, 6) is -0.770. The molecule has 2 aliphatic heterocycles. The summed E-state index contributed by atoms with van der Waals surface area (Å²) >= 11 is 0. The van der Waals surface area contributed by atoms with Gasteiger partial charge in [0.25, 0.3) is 5.56 Å². The maximum atomic E-state index is 14.8. The van der Waals surface area contributed by atoms with E-state index in [9.17, 15) is 19.1 Å². The second kappa shape index (κ2) is 10.7. The van der Waals surface area contributed by atoms with Crippen LogP contribution in [0.15, 0.2) is 16.9 Å². The van der Waals surface area contributed by atoms with Gasteiger partial charge in [0, 0.05) is 22.6 Å². The van der Waals surface area contributed by atoms with Crippen molar-refractivity contribution in [3.8, 4) is 11.4 Å². The van der Waals surface area contributed by atoms with Crippen LogP contribution in [0.25, 0.3) is 22.3 Å². The number of aliphatic hydroxyl groups is 1. The number of aryl methyl sites for hydroxylation is 1. The van der Waals surface area contributed by atoms with Crippen molar-refractivity contribution in [2.75, 3.05) is 13.6 Å². The lowest BCUT2D eigenvalue weighted by Crippen LogP contribution is -2.32. The first kappa shape index (κ1) is 26.9. The summed E-state index contributed by atoms with van der Waals surface area (Å²) in [6.07, 6.45) is 1.15. The van der Waals surface area contributed by atoms with Gasteiger partial charge < -0.3 is 19.7 Å². The smallest absolute Gasteiger partial charge is 0.340 e. The molecule has 3 aliphatic rings. The number of cyclic esters (lactones) is 1. The van der Waals surface area contributed by atoms with E-state index in [1.54, 1.807) is 10.6 Å². The van der Waals surface area contributed by atoms with Gasteiger partial charge in [-0.15, -0.1) is 0 Å². The van der Waals surface area contributed by atoms with Crippen LogP contribution in [0.2, 0.25) is 0 Å². The molecule has 0 spiro atoms. The van der Waals surface area contributed by atoms with Gasteiger partial charge in [-0.3, -0.25) is 4.79 Å². The first-order chi connectivity index (χ1) is 17.9. The molecule has 0 saturated carbocycles. The molecule has 198 valence electrons. The zero-order chi connectivity index (χ0) is 27.0. The number of carbonyl (C=O) groups excluding carboxylic acids is 1. The normalized spacial score (nSPS) is 18.5. The standard InChI is InChI=1S/C25H24FN3O4.2C2H6/c1-11-13-4-3-12(5-6-27-2)20-15-9-29-19(22(15)28-18(21(13)20)8-17(11)26)7-14-16(24(29)31)10-33-25(32)23(14)30;2*1-2/h7-8,12,23,27,30H,3-6,9-10H2,1-2H3;2*1-2H3/t12-,23-;;/m0../s1. The maximum Gasteiger partial charge on any atom is 0.340 e. The topological polar surface area (TPSA) is 93.5 Å². The van der Waals surface area contributed by atoms with E-state index in [1.807, 2.05) is 41.7 Å². The third kappa shape index (κ3) is 4.16. The van der Waals surface area contributed by atoms with Crippen molar-refractivity contribution < 1.29 is 19.0 Å². The van der Waals surface area contributed by atoms with Crippen LogP contribution in [-0.2, 0) is 29.1 Å². The lowest BCUT2D eigenvalue weighted by atomic mass is 9.77. The van der Waals surface area contributed by atoms with E-state index in [2.05, 4.69) is 5.32 Å². The summed E-state index contributed by atoms with van der Waals surface area (Å²) in [6, 6.07) is 3.17.